The molecule has 0 saturated heterocycles. The third kappa shape index (κ3) is 4.95. The number of nitrogens with zero attached hydrogens (tertiary/aromatic N) is 1. The van der Waals surface area contributed by atoms with Crippen LogP contribution in [0.25, 0.3) is 12.2 Å². The van der Waals surface area contributed by atoms with E-state index in [1.165, 1.54) is 0 Å². The summed E-state index contributed by atoms with van der Waals surface area (Å²) in [7, 11) is 0. The molecule has 1 heterocycles. The number of esters is 1. The molecule has 2 aromatic rings. The van der Waals surface area contributed by atoms with Crippen molar-refractivity contribution in [1.82, 2.24) is 4.98 Å². The summed E-state index contributed by atoms with van der Waals surface area (Å²) in [6, 6.07) is 13.8. The Balaban J connectivity index is 2.30. The monoisotopic (exact) mass is 310 g/mol. The molecule has 4 nitrogen and oxygen atoms in total. The maximum Gasteiger partial charge on any atom is 0.356 e. The van der Waals surface area contributed by atoms with E-state index in [-0.39, 0.29) is 6.04 Å². The molecule has 0 aliphatic carbocycles. The second kappa shape index (κ2) is 8.13. The van der Waals surface area contributed by atoms with E-state index in [2.05, 4.69) is 10.3 Å². The highest BCUT2D eigenvalue weighted by molar-refractivity contribution is 5.88. The van der Waals surface area contributed by atoms with Gasteiger partial charge in [0.25, 0.3) is 0 Å². The van der Waals surface area contributed by atoms with Crippen molar-refractivity contribution in [3.05, 3.63) is 59.3 Å². The zero-order valence-electron chi connectivity index (χ0n) is 13.7. The lowest BCUT2D eigenvalue weighted by atomic mass is 10.1. The summed E-state index contributed by atoms with van der Waals surface area (Å²) in [5, 5.41) is 3.28. The molecule has 0 fully saturated rings. The Hall–Kier alpha value is -2.62. The van der Waals surface area contributed by atoms with Crippen LogP contribution in [0.5, 0.6) is 0 Å². The molecule has 0 radical (unpaired) electrons. The minimum absolute atomic E-state index is 0.212. The predicted octanol–water partition coefficient (Wildman–Crippen LogP) is 4.25. The quantitative estimate of drug-likeness (QED) is 0.810. The molecule has 0 unspecified atom stereocenters. The molecule has 1 aromatic carbocycles. The zero-order chi connectivity index (χ0) is 16.7. The molecule has 2 rings (SSSR count). The predicted molar refractivity (Wildman–Crippen MR) is 94.3 cm³/mol. The molecular weight excluding hydrogens is 288 g/mol. The Bertz CT molecular complexity index is 679. The first kappa shape index (κ1) is 16.7. The van der Waals surface area contributed by atoms with Crippen LogP contribution in [0.2, 0.25) is 0 Å². The smallest absolute Gasteiger partial charge is 0.356 e. The minimum Gasteiger partial charge on any atom is -0.461 e. The van der Waals surface area contributed by atoms with Gasteiger partial charge in [-0.05, 0) is 38.5 Å². The first-order chi connectivity index (χ1) is 11.1. The van der Waals surface area contributed by atoms with Gasteiger partial charge < -0.3 is 10.1 Å². The summed E-state index contributed by atoms with van der Waals surface area (Å²) in [4.78, 5) is 16.2. The molecule has 0 atom stereocenters. The van der Waals surface area contributed by atoms with Gasteiger partial charge in [0.15, 0.2) is 5.69 Å². The van der Waals surface area contributed by atoms with Crippen LogP contribution in [0, 0.1) is 0 Å². The Morgan fingerprint density at radius 2 is 1.91 bits per heavy atom. The van der Waals surface area contributed by atoms with Gasteiger partial charge in [0.1, 0.15) is 5.82 Å². The number of carbonyl (C=O) groups excluding carboxylic acids is 1. The number of aromatic nitrogens is 1. The van der Waals surface area contributed by atoms with E-state index in [9.17, 15) is 4.79 Å². The summed E-state index contributed by atoms with van der Waals surface area (Å²) >= 11 is 0. The van der Waals surface area contributed by atoms with Gasteiger partial charge in [-0.25, -0.2) is 9.78 Å². The summed E-state index contributed by atoms with van der Waals surface area (Å²) in [5.41, 5.74) is 2.35. The number of ether oxygens (including phenoxy) is 1. The first-order valence-electron chi connectivity index (χ1n) is 7.78. The maximum absolute atomic E-state index is 11.8. The van der Waals surface area contributed by atoms with Crippen LogP contribution in [0.15, 0.2) is 42.5 Å². The normalized spacial score (nSPS) is 11.0. The molecular formula is C19H22N2O2. The fourth-order valence-corrected chi connectivity index (χ4v) is 2.06. The van der Waals surface area contributed by atoms with Gasteiger partial charge in [0.2, 0.25) is 0 Å². The fraction of sp³-hybridized carbons (Fsp3) is 0.263. The van der Waals surface area contributed by atoms with Gasteiger partial charge >= 0.3 is 5.97 Å². The van der Waals surface area contributed by atoms with E-state index in [0.717, 1.165) is 11.1 Å². The topological polar surface area (TPSA) is 51.2 Å². The molecule has 4 heteroatoms. The van der Waals surface area contributed by atoms with E-state index in [1.807, 2.05) is 62.4 Å². The highest BCUT2D eigenvalue weighted by Gasteiger charge is 2.12. The van der Waals surface area contributed by atoms with Crippen LogP contribution in [-0.2, 0) is 4.74 Å². The number of hydrogen-bond acceptors (Lipinski definition) is 4. The molecule has 120 valence electrons. The van der Waals surface area contributed by atoms with Gasteiger partial charge in [-0.2, -0.15) is 0 Å². The third-order valence-electron chi connectivity index (χ3n) is 3.09. The molecule has 0 amide bonds. The third-order valence-corrected chi connectivity index (χ3v) is 3.09. The molecule has 1 aromatic heterocycles. The fourth-order valence-electron chi connectivity index (χ4n) is 2.06. The van der Waals surface area contributed by atoms with Crippen LogP contribution in [-0.4, -0.2) is 23.6 Å². The number of rotatable bonds is 6. The standard InChI is InChI=1S/C19H22N2O2/c1-4-23-19(22)17-13-12-16(18(21-17)20-14(2)3)11-10-15-8-6-5-7-9-15/h5-14H,4H2,1-3H3,(H,20,21)/b11-10+. The Labute approximate surface area is 137 Å². The van der Waals surface area contributed by atoms with Gasteiger partial charge in [-0.15, -0.1) is 0 Å². The second-order valence-corrected chi connectivity index (χ2v) is 5.40. The number of pyridine rings is 1. The average molecular weight is 310 g/mol. The second-order valence-electron chi connectivity index (χ2n) is 5.40. The van der Waals surface area contributed by atoms with Crippen LogP contribution < -0.4 is 5.32 Å². The zero-order valence-corrected chi connectivity index (χ0v) is 13.7. The van der Waals surface area contributed by atoms with E-state index < -0.39 is 5.97 Å². The molecule has 0 aliphatic rings. The van der Waals surface area contributed by atoms with E-state index in [0.29, 0.717) is 18.1 Å². The lowest BCUT2D eigenvalue weighted by molar-refractivity contribution is 0.0519. The van der Waals surface area contributed by atoms with Crippen LogP contribution >= 0.6 is 0 Å². The van der Waals surface area contributed by atoms with Crippen molar-refractivity contribution in [2.24, 2.45) is 0 Å². The van der Waals surface area contributed by atoms with Gasteiger partial charge in [-0.3, -0.25) is 0 Å². The van der Waals surface area contributed by atoms with Crippen LogP contribution in [0.1, 0.15) is 42.4 Å². The lowest BCUT2D eigenvalue weighted by Crippen LogP contribution is -2.15. The summed E-state index contributed by atoms with van der Waals surface area (Å²) in [5.74, 6) is 0.274. The van der Waals surface area contributed by atoms with Crippen molar-refractivity contribution < 1.29 is 9.53 Å². The average Bonchev–Trinajstić information content (AvgIpc) is 2.54. The summed E-state index contributed by atoms with van der Waals surface area (Å²) < 4.78 is 5.01. The van der Waals surface area contributed by atoms with Crippen LogP contribution in [0.3, 0.4) is 0 Å². The number of carbonyl (C=O) groups is 1. The minimum atomic E-state index is -0.405. The first-order valence-corrected chi connectivity index (χ1v) is 7.78. The largest absolute Gasteiger partial charge is 0.461 e. The Morgan fingerprint density at radius 1 is 1.17 bits per heavy atom. The Kier molecular flexibility index (Phi) is 5.92. The van der Waals surface area contributed by atoms with Gasteiger partial charge in [0, 0.05) is 11.6 Å². The molecule has 23 heavy (non-hydrogen) atoms. The Morgan fingerprint density at radius 3 is 2.57 bits per heavy atom. The molecule has 0 bridgehead atoms. The van der Waals surface area contributed by atoms with Gasteiger partial charge in [0.05, 0.1) is 6.61 Å². The molecule has 1 N–H and O–H groups in total. The van der Waals surface area contributed by atoms with Crippen molar-refractivity contribution in [2.45, 2.75) is 26.8 Å². The van der Waals surface area contributed by atoms with Gasteiger partial charge in [-0.1, -0.05) is 42.5 Å². The van der Waals surface area contributed by atoms with Crippen molar-refractivity contribution in [3.63, 3.8) is 0 Å². The van der Waals surface area contributed by atoms with Crippen molar-refractivity contribution >= 4 is 23.9 Å². The van der Waals surface area contributed by atoms with Crippen LogP contribution in [0.4, 0.5) is 5.82 Å². The van der Waals surface area contributed by atoms with Crippen molar-refractivity contribution in [2.75, 3.05) is 11.9 Å². The van der Waals surface area contributed by atoms with Crippen molar-refractivity contribution in [1.29, 1.82) is 0 Å². The number of anilines is 1. The summed E-state index contributed by atoms with van der Waals surface area (Å²) in [6.45, 7) is 6.18. The van der Waals surface area contributed by atoms with E-state index in [4.69, 9.17) is 4.74 Å². The lowest BCUT2D eigenvalue weighted by Gasteiger charge is -2.13. The van der Waals surface area contributed by atoms with E-state index in [1.54, 1.807) is 13.0 Å². The SMILES string of the molecule is CCOC(=O)c1ccc(/C=C/c2ccccc2)c(NC(C)C)n1. The summed E-state index contributed by atoms with van der Waals surface area (Å²) in [6.07, 6.45) is 4.01. The maximum atomic E-state index is 11.8. The van der Waals surface area contributed by atoms with E-state index >= 15 is 0 Å². The molecule has 0 aliphatic heterocycles. The number of hydrogen-bond donors (Lipinski definition) is 1. The molecule has 0 spiro atoms. The number of benzene rings is 1. The molecule has 0 saturated carbocycles. The highest BCUT2D eigenvalue weighted by Crippen LogP contribution is 2.18. The number of nitrogens with one attached hydrogen (secondary N) is 1. The van der Waals surface area contributed by atoms with Crippen molar-refractivity contribution in [3.8, 4) is 0 Å². The highest BCUT2D eigenvalue weighted by atomic mass is 16.5.